The smallest absolute Gasteiger partial charge is 0.305 e. The third kappa shape index (κ3) is 19.5. The Morgan fingerprint density at radius 1 is 0.720 bits per heavy atom. The maximum Gasteiger partial charge on any atom is 0.305 e. The van der Waals surface area contributed by atoms with Gasteiger partial charge in [0.1, 0.15) is 0 Å². The SMILES string of the molecule is O=C(CCCCCCCCC(O)CCCCCCO)OCCC(O)O. The zero-order valence-electron chi connectivity index (χ0n) is 15.6. The topological polar surface area (TPSA) is 107 Å². The molecule has 25 heavy (non-hydrogen) atoms. The summed E-state index contributed by atoms with van der Waals surface area (Å²) in [6.45, 7) is 0.317. The molecule has 1 atom stereocenters. The van der Waals surface area contributed by atoms with Crippen molar-refractivity contribution in [3.05, 3.63) is 0 Å². The molecule has 0 radical (unpaired) electrons. The van der Waals surface area contributed by atoms with Crippen LogP contribution in [-0.2, 0) is 9.53 Å². The molecule has 0 bridgehead atoms. The lowest BCUT2D eigenvalue weighted by Crippen LogP contribution is -2.12. The maximum atomic E-state index is 11.4. The molecule has 4 N–H and O–H groups in total. The molecule has 0 aliphatic carbocycles. The summed E-state index contributed by atoms with van der Waals surface area (Å²) in [6.07, 6.45) is 10.7. The number of carbonyl (C=O) groups excluding carboxylic acids is 1. The first-order chi connectivity index (χ1) is 12.1. The van der Waals surface area contributed by atoms with Crippen molar-refractivity contribution >= 4 is 5.97 Å². The van der Waals surface area contributed by atoms with Gasteiger partial charge < -0.3 is 25.2 Å². The predicted molar refractivity (Wildman–Crippen MR) is 96.9 cm³/mol. The molecule has 0 aliphatic rings. The van der Waals surface area contributed by atoms with Crippen molar-refractivity contribution in [1.29, 1.82) is 0 Å². The molecule has 0 fully saturated rings. The van der Waals surface area contributed by atoms with Gasteiger partial charge in [0.05, 0.1) is 12.7 Å². The molecule has 0 saturated heterocycles. The number of hydrogen-bond donors (Lipinski definition) is 4. The third-order valence-electron chi connectivity index (χ3n) is 4.25. The van der Waals surface area contributed by atoms with Crippen LogP contribution in [0, 0.1) is 0 Å². The number of unbranched alkanes of at least 4 members (excludes halogenated alkanes) is 8. The van der Waals surface area contributed by atoms with Gasteiger partial charge in [-0.1, -0.05) is 51.4 Å². The molecule has 0 aliphatic heterocycles. The zero-order valence-corrected chi connectivity index (χ0v) is 15.6. The Morgan fingerprint density at radius 3 is 1.80 bits per heavy atom. The van der Waals surface area contributed by atoms with Gasteiger partial charge in [-0.2, -0.15) is 0 Å². The number of hydrogen-bond acceptors (Lipinski definition) is 6. The van der Waals surface area contributed by atoms with E-state index in [-0.39, 0.29) is 31.7 Å². The lowest BCUT2D eigenvalue weighted by atomic mass is 10.0. The fraction of sp³-hybridized carbons (Fsp3) is 0.947. The summed E-state index contributed by atoms with van der Waals surface area (Å²) >= 11 is 0. The molecule has 0 aromatic rings. The first-order valence-electron chi connectivity index (χ1n) is 9.87. The van der Waals surface area contributed by atoms with Crippen molar-refractivity contribution in [1.82, 2.24) is 0 Å². The number of carbonyl (C=O) groups is 1. The van der Waals surface area contributed by atoms with Gasteiger partial charge in [-0.25, -0.2) is 0 Å². The van der Waals surface area contributed by atoms with Crippen molar-refractivity contribution < 1.29 is 30.0 Å². The second-order valence-electron chi connectivity index (χ2n) is 6.73. The lowest BCUT2D eigenvalue weighted by Gasteiger charge is -2.10. The molecule has 150 valence electrons. The molecule has 0 aromatic carbocycles. The normalized spacial score (nSPS) is 12.5. The summed E-state index contributed by atoms with van der Waals surface area (Å²) in [5.74, 6) is -0.275. The highest BCUT2D eigenvalue weighted by molar-refractivity contribution is 5.69. The Bertz CT molecular complexity index is 296. The van der Waals surface area contributed by atoms with E-state index in [4.69, 9.17) is 20.1 Å². The fourth-order valence-electron chi connectivity index (χ4n) is 2.70. The monoisotopic (exact) mass is 362 g/mol. The first kappa shape index (κ1) is 24.3. The van der Waals surface area contributed by atoms with E-state index in [0.29, 0.717) is 6.42 Å². The van der Waals surface area contributed by atoms with E-state index in [1.54, 1.807) is 0 Å². The van der Waals surface area contributed by atoms with Gasteiger partial charge >= 0.3 is 5.97 Å². The van der Waals surface area contributed by atoms with E-state index in [1.807, 2.05) is 0 Å². The second kappa shape index (κ2) is 18.1. The minimum Gasteiger partial charge on any atom is -0.465 e. The Balaban J connectivity index is 3.26. The second-order valence-corrected chi connectivity index (χ2v) is 6.73. The minimum atomic E-state index is -1.42. The summed E-state index contributed by atoms with van der Waals surface area (Å²) in [5, 5.41) is 35.8. The predicted octanol–water partition coefficient (Wildman–Crippen LogP) is 2.65. The number of rotatable bonds is 18. The number of esters is 1. The Kier molecular flexibility index (Phi) is 17.6. The van der Waals surface area contributed by atoms with E-state index in [9.17, 15) is 9.90 Å². The van der Waals surface area contributed by atoms with Crippen molar-refractivity contribution in [3.63, 3.8) is 0 Å². The molecule has 1 unspecified atom stereocenters. The Morgan fingerprint density at radius 2 is 1.24 bits per heavy atom. The van der Waals surface area contributed by atoms with Gasteiger partial charge in [0.2, 0.25) is 0 Å². The Hall–Kier alpha value is -0.690. The highest BCUT2D eigenvalue weighted by atomic mass is 16.5. The number of ether oxygens (including phenoxy) is 1. The summed E-state index contributed by atoms with van der Waals surface area (Å²) in [6, 6.07) is 0. The molecule has 0 amide bonds. The molecule has 0 rings (SSSR count). The molecule has 0 aromatic heterocycles. The minimum absolute atomic E-state index is 0.0558. The Labute approximate surface area is 152 Å². The highest BCUT2D eigenvalue weighted by Crippen LogP contribution is 2.13. The van der Waals surface area contributed by atoms with E-state index in [1.165, 1.54) is 0 Å². The van der Waals surface area contributed by atoms with Gasteiger partial charge in [-0.05, 0) is 25.7 Å². The van der Waals surface area contributed by atoms with Crippen molar-refractivity contribution in [2.24, 2.45) is 0 Å². The quantitative estimate of drug-likeness (QED) is 0.170. The van der Waals surface area contributed by atoms with Gasteiger partial charge in [-0.3, -0.25) is 4.79 Å². The van der Waals surface area contributed by atoms with Crippen LogP contribution in [0.15, 0.2) is 0 Å². The molecule has 6 heteroatoms. The summed E-state index contributed by atoms with van der Waals surface area (Å²) < 4.78 is 4.88. The van der Waals surface area contributed by atoms with Crippen molar-refractivity contribution in [2.75, 3.05) is 13.2 Å². The van der Waals surface area contributed by atoms with Crippen LogP contribution in [0.3, 0.4) is 0 Å². The van der Waals surface area contributed by atoms with Gasteiger partial charge in [-0.15, -0.1) is 0 Å². The van der Waals surface area contributed by atoms with E-state index < -0.39 is 6.29 Å². The van der Waals surface area contributed by atoms with Crippen LogP contribution in [0.1, 0.15) is 89.9 Å². The maximum absolute atomic E-state index is 11.4. The average Bonchev–Trinajstić information content (AvgIpc) is 2.56. The molecular formula is C19H38O6. The standard InChI is InChI=1S/C19H38O6/c20-15-10-6-5-8-12-17(21)11-7-3-1-2-4-9-13-19(24)25-16-14-18(22)23/h17-18,20-23H,1-16H2. The fourth-order valence-corrected chi connectivity index (χ4v) is 2.70. The van der Waals surface area contributed by atoms with E-state index >= 15 is 0 Å². The van der Waals surface area contributed by atoms with Gasteiger partial charge in [0, 0.05) is 19.4 Å². The lowest BCUT2D eigenvalue weighted by molar-refractivity contribution is -0.146. The zero-order chi connectivity index (χ0) is 18.8. The molecule has 6 nitrogen and oxygen atoms in total. The van der Waals surface area contributed by atoms with Crippen LogP contribution in [0.2, 0.25) is 0 Å². The van der Waals surface area contributed by atoms with E-state index in [0.717, 1.165) is 77.0 Å². The highest BCUT2D eigenvalue weighted by Gasteiger charge is 2.05. The molecule has 0 saturated carbocycles. The van der Waals surface area contributed by atoms with E-state index in [2.05, 4.69) is 0 Å². The third-order valence-corrected chi connectivity index (χ3v) is 4.25. The summed E-state index contributed by atoms with van der Waals surface area (Å²) in [7, 11) is 0. The van der Waals surface area contributed by atoms with Crippen molar-refractivity contribution in [2.45, 2.75) is 102 Å². The molecule has 0 spiro atoms. The van der Waals surface area contributed by atoms with Gasteiger partial charge in [0.25, 0.3) is 0 Å². The molecular weight excluding hydrogens is 324 g/mol. The summed E-state index contributed by atoms with van der Waals surface area (Å²) in [5.41, 5.74) is 0. The van der Waals surface area contributed by atoms with Crippen LogP contribution in [-0.4, -0.2) is 52.0 Å². The van der Waals surface area contributed by atoms with Crippen LogP contribution in [0.25, 0.3) is 0 Å². The van der Waals surface area contributed by atoms with Crippen LogP contribution >= 0.6 is 0 Å². The first-order valence-corrected chi connectivity index (χ1v) is 9.87. The number of aliphatic hydroxyl groups excluding tert-OH is 3. The average molecular weight is 363 g/mol. The van der Waals surface area contributed by atoms with Crippen LogP contribution < -0.4 is 0 Å². The largest absolute Gasteiger partial charge is 0.465 e. The number of aliphatic hydroxyl groups is 4. The van der Waals surface area contributed by atoms with Crippen LogP contribution in [0.4, 0.5) is 0 Å². The van der Waals surface area contributed by atoms with Gasteiger partial charge in [0.15, 0.2) is 6.29 Å². The van der Waals surface area contributed by atoms with Crippen LogP contribution in [0.5, 0.6) is 0 Å². The molecule has 0 heterocycles. The van der Waals surface area contributed by atoms with Crippen molar-refractivity contribution in [3.8, 4) is 0 Å². The summed E-state index contributed by atoms with van der Waals surface area (Å²) in [4.78, 5) is 11.4.